The van der Waals surface area contributed by atoms with Gasteiger partial charge < -0.3 is 10.1 Å². The van der Waals surface area contributed by atoms with Gasteiger partial charge in [-0.3, -0.25) is 0 Å². The standard InChI is InChI=1S/C14H21N5O/c1-11(2)20-8-7-15-12(3)13-5-4-6-14(9-13)19-10-16-17-18-19/h4-6,9-12,15H,7-8H2,1-3H3. The smallest absolute Gasteiger partial charge is 0.143 e. The first kappa shape index (κ1) is 14.6. The van der Waals surface area contributed by atoms with Crippen LogP contribution in [0.4, 0.5) is 0 Å². The highest BCUT2D eigenvalue weighted by atomic mass is 16.5. The van der Waals surface area contributed by atoms with Crippen LogP contribution in [0.5, 0.6) is 0 Å². The molecule has 2 rings (SSSR count). The Labute approximate surface area is 119 Å². The summed E-state index contributed by atoms with van der Waals surface area (Å²) in [5.41, 5.74) is 2.15. The molecule has 1 aromatic heterocycles. The molecule has 1 heterocycles. The summed E-state index contributed by atoms with van der Waals surface area (Å²) < 4.78 is 7.17. The molecule has 0 fully saturated rings. The number of nitrogens with zero attached hydrogens (tertiary/aromatic N) is 4. The zero-order valence-electron chi connectivity index (χ0n) is 12.2. The van der Waals surface area contributed by atoms with Crippen molar-refractivity contribution >= 4 is 0 Å². The minimum atomic E-state index is 0.252. The third kappa shape index (κ3) is 4.11. The molecule has 0 spiro atoms. The summed E-state index contributed by atoms with van der Waals surface area (Å²) in [5.74, 6) is 0. The average Bonchev–Trinajstić information content (AvgIpc) is 2.97. The van der Waals surface area contributed by atoms with Gasteiger partial charge in [0.1, 0.15) is 6.33 Å². The predicted octanol–water partition coefficient (Wildman–Crippen LogP) is 1.74. The van der Waals surface area contributed by atoms with E-state index in [1.807, 2.05) is 26.0 Å². The number of nitrogens with one attached hydrogen (secondary N) is 1. The van der Waals surface area contributed by atoms with Crippen LogP contribution in [0.15, 0.2) is 30.6 Å². The van der Waals surface area contributed by atoms with Gasteiger partial charge in [-0.15, -0.1) is 5.10 Å². The summed E-state index contributed by atoms with van der Waals surface area (Å²) in [5, 5.41) is 14.6. The SMILES string of the molecule is CC(C)OCCNC(C)c1cccc(-n2cnnn2)c1. The molecule has 0 radical (unpaired) electrons. The molecule has 0 amide bonds. The number of aromatic nitrogens is 4. The molecule has 108 valence electrons. The number of hydrogen-bond donors (Lipinski definition) is 1. The van der Waals surface area contributed by atoms with Crippen LogP contribution < -0.4 is 5.32 Å². The fraction of sp³-hybridized carbons (Fsp3) is 0.500. The second-order valence-electron chi connectivity index (χ2n) is 4.94. The lowest BCUT2D eigenvalue weighted by molar-refractivity contribution is 0.0796. The van der Waals surface area contributed by atoms with E-state index in [9.17, 15) is 0 Å². The molecule has 0 saturated heterocycles. The van der Waals surface area contributed by atoms with Crippen LogP contribution in [-0.4, -0.2) is 39.5 Å². The van der Waals surface area contributed by atoms with Gasteiger partial charge in [0.25, 0.3) is 0 Å². The number of ether oxygens (including phenoxy) is 1. The molecule has 20 heavy (non-hydrogen) atoms. The first-order chi connectivity index (χ1) is 9.66. The molecule has 1 atom stereocenters. The highest BCUT2D eigenvalue weighted by Crippen LogP contribution is 2.15. The van der Waals surface area contributed by atoms with Gasteiger partial charge in [0.15, 0.2) is 0 Å². The lowest BCUT2D eigenvalue weighted by atomic mass is 10.1. The summed E-state index contributed by atoms with van der Waals surface area (Å²) >= 11 is 0. The van der Waals surface area contributed by atoms with Crippen LogP contribution in [0.3, 0.4) is 0 Å². The van der Waals surface area contributed by atoms with Crippen molar-refractivity contribution in [2.24, 2.45) is 0 Å². The van der Waals surface area contributed by atoms with E-state index in [1.54, 1.807) is 11.0 Å². The first-order valence-corrected chi connectivity index (χ1v) is 6.85. The summed E-state index contributed by atoms with van der Waals surface area (Å²) in [7, 11) is 0. The van der Waals surface area contributed by atoms with E-state index < -0.39 is 0 Å². The summed E-state index contributed by atoms with van der Waals surface area (Å²) in [6.07, 6.45) is 1.86. The quantitative estimate of drug-likeness (QED) is 0.780. The summed E-state index contributed by atoms with van der Waals surface area (Å²) in [4.78, 5) is 0. The molecule has 0 bridgehead atoms. The van der Waals surface area contributed by atoms with Crippen LogP contribution >= 0.6 is 0 Å². The Morgan fingerprint density at radius 1 is 1.30 bits per heavy atom. The number of tetrazole rings is 1. The van der Waals surface area contributed by atoms with Gasteiger partial charge in [0.2, 0.25) is 0 Å². The zero-order chi connectivity index (χ0) is 14.4. The van der Waals surface area contributed by atoms with Crippen LogP contribution in [0.2, 0.25) is 0 Å². The van der Waals surface area contributed by atoms with E-state index in [-0.39, 0.29) is 12.1 Å². The second-order valence-corrected chi connectivity index (χ2v) is 4.94. The van der Waals surface area contributed by atoms with Gasteiger partial charge in [-0.1, -0.05) is 12.1 Å². The number of rotatable bonds is 7. The molecule has 2 aromatic rings. The highest BCUT2D eigenvalue weighted by molar-refractivity contribution is 5.35. The van der Waals surface area contributed by atoms with Crippen LogP contribution in [-0.2, 0) is 4.74 Å². The van der Waals surface area contributed by atoms with Crippen molar-refractivity contribution < 1.29 is 4.74 Å². The topological polar surface area (TPSA) is 64.9 Å². The molecular weight excluding hydrogens is 254 g/mol. The highest BCUT2D eigenvalue weighted by Gasteiger charge is 2.06. The largest absolute Gasteiger partial charge is 0.377 e. The monoisotopic (exact) mass is 275 g/mol. The summed E-state index contributed by atoms with van der Waals surface area (Å²) in [6, 6.07) is 8.41. The van der Waals surface area contributed by atoms with Gasteiger partial charge in [-0.05, 0) is 48.9 Å². The maximum Gasteiger partial charge on any atom is 0.143 e. The van der Waals surface area contributed by atoms with Crippen LogP contribution in [0, 0.1) is 0 Å². The Morgan fingerprint density at radius 3 is 2.85 bits per heavy atom. The minimum Gasteiger partial charge on any atom is -0.377 e. The third-order valence-electron chi connectivity index (χ3n) is 2.99. The molecule has 1 unspecified atom stereocenters. The van der Waals surface area contributed by atoms with Crippen molar-refractivity contribution in [3.05, 3.63) is 36.2 Å². The average molecular weight is 275 g/mol. The Hall–Kier alpha value is -1.79. The molecule has 0 aliphatic carbocycles. The third-order valence-corrected chi connectivity index (χ3v) is 2.99. The van der Waals surface area contributed by atoms with Crippen molar-refractivity contribution in [1.82, 2.24) is 25.5 Å². The van der Waals surface area contributed by atoms with Gasteiger partial charge in [0.05, 0.1) is 18.4 Å². The van der Waals surface area contributed by atoms with Crippen LogP contribution in [0.1, 0.15) is 32.4 Å². The van der Waals surface area contributed by atoms with Crippen molar-refractivity contribution in [3.63, 3.8) is 0 Å². The van der Waals surface area contributed by atoms with E-state index >= 15 is 0 Å². The fourth-order valence-electron chi connectivity index (χ4n) is 1.90. The second kappa shape index (κ2) is 7.12. The van der Waals surface area contributed by atoms with Gasteiger partial charge in [-0.25, -0.2) is 4.68 Å². The van der Waals surface area contributed by atoms with Gasteiger partial charge in [0, 0.05) is 12.6 Å². The normalized spacial score (nSPS) is 12.8. The Morgan fingerprint density at radius 2 is 2.15 bits per heavy atom. The number of hydrogen-bond acceptors (Lipinski definition) is 5. The lowest BCUT2D eigenvalue weighted by Gasteiger charge is -2.16. The van der Waals surface area contributed by atoms with Crippen molar-refractivity contribution in [3.8, 4) is 5.69 Å². The predicted molar refractivity (Wildman–Crippen MR) is 76.7 cm³/mol. The molecular formula is C14H21N5O. The molecule has 0 aliphatic heterocycles. The van der Waals surface area contributed by atoms with E-state index in [0.29, 0.717) is 6.61 Å². The maximum atomic E-state index is 5.52. The molecule has 0 aliphatic rings. The van der Waals surface area contributed by atoms with Gasteiger partial charge >= 0.3 is 0 Å². The van der Waals surface area contributed by atoms with E-state index in [1.165, 1.54) is 5.56 Å². The zero-order valence-corrected chi connectivity index (χ0v) is 12.2. The molecule has 1 N–H and O–H groups in total. The van der Waals surface area contributed by atoms with Crippen molar-refractivity contribution in [2.45, 2.75) is 32.9 Å². The maximum absolute atomic E-state index is 5.52. The minimum absolute atomic E-state index is 0.252. The lowest BCUT2D eigenvalue weighted by Crippen LogP contribution is -2.24. The molecule has 6 nitrogen and oxygen atoms in total. The van der Waals surface area contributed by atoms with E-state index in [4.69, 9.17) is 4.74 Å². The van der Waals surface area contributed by atoms with Crippen molar-refractivity contribution in [1.29, 1.82) is 0 Å². The Bertz CT molecular complexity index is 512. The molecule has 6 heteroatoms. The Kier molecular flexibility index (Phi) is 5.20. The van der Waals surface area contributed by atoms with E-state index in [0.717, 1.165) is 12.2 Å². The van der Waals surface area contributed by atoms with Gasteiger partial charge in [-0.2, -0.15) is 0 Å². The van der Waals surface area contributed by atoms with E-state index in [2.05, 4.69) is 39.9 Å². The summed E-state index contributed by atoms with van der Waals surface area (Å²) in [6.45, 7) is 7.76. The molecule has 0 saturated carbocycles. The Balaban J connectivity index is 1.93. The first-order valence-electron chi connectivity index (χ1n) is 6.85. The van der Waals surface area contributed by atoms with Crippen LogP contribution in [0.25, 0.3) is 5.69 Å². The molecule has 1 aromatic carbocycles. The fourth-order valence-corrected chi connectivity index (χ4v) is 1.90. The number of benzene rings is 1. The van der Waals surface area contributed by atoms with Crippen molar-refractivity contribution in [2.75, 3.05) is 13.2 Å².